The van der Waals surface area contributed by atoms with E-state index in [4.69, 9.17) is 28.4 Å². The van der Waals surface area contributed by atoms with E-state index in [-0.39, 0.29) is 41.9 Å². The summed E-state index contributed by atoms with van der Waals surface area (Å²) in [6.07, 6.45) is -8.24. The van der Waals surface area contributed by atoms with Gasteiger partial charge in [0, 0.05) is 19.6 Å². The molecule has 2 fully saturated rings. The van der Waals surface area contributed by atoms with Crippen LogP contribution >= 0.6 is 0 Å². The van der Waals surface area contributed by atoms with Crippen molar-refractivity contribution in [2.75, 3.05) is 26.2 Å². The minimum atomic E-state index is -2.54. The Hall–Kier alpha value is -6.09. The summed E-state index contributed by atoms with van der Waals surface area (Å²) in [6, 6.07) is 30.3. The van der Waals surface area contributed by atoms with Crippen LogP contribution in [-0.4, -0.2) is 108 Å². The first-order chi connectivity index (χ1) is 27.4. The van der Waals surface area contributed by atoms with Gasteiger partial charge in [0.15, 0.2) is 12.2 Å². The highest BCUT2D eigenvalue weighted by atomic mass is 16.7. The molecule has 4 aromatic carbocycles. The molecule has 0 radical (unpaired) electrons. The molecule has 2 N–H and O–H groups in total. The van der Waals surface area contributed by atoms with Gasteiger partial charge in [0.05, 0.1) is 28.3 Å². The van der Waals surface area contributed by atoms with Crippen molar-refractivity contribution >= 4 is 30.0 Å². The molecule has 6 rings (SSSR count). The lowest BCUT2D eigenvalue weighted by molar-refractivity contribution is -0.338. The molecule has 0 bridgehead atoms. The highest BCUT2D eigenvalue weighted by molar-refractivity contribution is 5.92. The molecule has 57 heavy (non-hydrogen) atoms. The standard InChI is InChI=1S/C43H44N2O12/c1-42(2,3)57-41(51)45-25-24-44-26-33(45)43(56-39(49)31-22-14-7-15-23-31)35(55-38(48)30-20-12-6-13-21-30)34(54-37(47)29-18-10-5-11-19-29)32(53-40(43)50)27-52-36(46)28-16-8-4-9-17-28/h4-23,32-35,40,44,50H,24-27H2,1-3H3/t32-,33?,34-,35+,40+,43-/m1/s1. The predicted octanol–water partition coefficient (Wildman–Crippen LogP) is 4.82. The number of hydrogen-bond acceptors (Lipinski definition) is 13. The number of benzene rings is 4. The maximum Gasteiger partial charge on any atom is 0.410 e. The van der Waals surface area contributed by atoms with Gasteiger partial charge in [-0.1, -0.05) is 72.8 Å². The Morgan fingerprint density at radius 2 is 1.19 bits per heavy atom. The zero-order valence-corrected chi connectivity index (χ0v) is 31.6. The van der Waals surface area contributed by atoms with Gasteiger partial charge in [-0.2, -0.15) is 0 Å². The number of piperazine rings is 1. The topological polar surface area (TPSA) is 176 Å². The molecule has 14 heteroatoms. The van der Waals surface area contributed by atoms with Crippen molar-refractivity contribution in [2.45, 2.75) is 62.6 Å². The summed E-state index contributed by atoms with van der Waals surface area (Å²) in [5, 5.41) is 15.6. The largest absolute Gasteiger partial charge is 0.459 e. The van der Waals surface area contributed by atoms with Crippen LogP contribution in [0.5, 0.6) is 0 Å². The Bertz CT molecular complexity index is 2010. The first kappa shape index (κ1) is 40.6. The average Bonchev–Trinajstić information content (AvgIpc) is 3.22. The lowest BCUT2D eigenvalue weighted by atomic mass is 9.78. The van der Waals surface area contributed by atoms with Gasteiger partial charge in [-0.15, -0.1) is 0 Å². The van der Waals surface area contributed by atoms with Gasteiger partial charge in [0.1, 0.15) is 18.3 Å². The van der Waals surface area contributed by atoms with Crippen molar-refractivity contribution in [1.29, 1.82) is 0 Å². The Balaban J connectivity index is 1.53. The zero-order valence-electron chi connectivity index (χ0n) is 31.6. The van der Waals surface area contributed by atoms with E-state index in [0.717, 1.165) is 0 Å². The van der Waals surface area contributed by atoms with Crippen LogP contribution in [0.25, 0.3) is 0 Å². The Morgan fingerprint density at radius 1 is 0.719 bits per heavy atom. The molecule has 298 valence electrons. The molecule has 0 aromatic heterocycles. The number of carbonyl (C=O) groups is 5. The normalized spacial score (nSPS) is 23.4. The molecule has 2 heterocycles. The second-order valence-corrected chi connectivity index (χ2v) is 14.4. The van der Waals surface area contributed by atoms with Crippen LogP contribution in [0, 0.1) is 0 Å². The van der Waals surface area contributed by atoms with Crippen molar-refractivity contribution in [3.63, 3.8) is 0 Å². The number of aliphatic hydroxyl groups is 1. The molecule has 14 nitrogen and oxygen atoms in total. The summed E-state index contributed by atoms with van der Waals surface area (Å²) in [4.78, 5) is 70.9. The first-order valence-corrected chi connectivity index (χ1v) is 18.4. The van der Waals surface area contributed by atoms with E-state index in [2.05, 4.69) is 5.32 Å². The van der Waals surface area contributed by atoms with Crippen molar-refractivity contribution in [3.05, 3.63) is 144 Å². The van der Waals surface area contributed by atoms with Crippen molar-refractivity contribution in [1.82, 2.24) is 10.2 Å². The second kappa shape index (κ2) is 17.8. The van der Waals surface area contributed by atoms with Crippen LogP contribution in [0.4, 0.5) is 4.79 Å². The molecule has 0 aliphatic carbocycles. The van der Waals surface area contributed by atoms with Crippen LogP contribution in [0.2, 0.25) is 0 Å². The average molecular weight is 781 g/mol. The van der Waals surface area contributed by atoms with E-state index in [0.29, 0.717) is 0 Å². The summed E-state index contributed by atoms with van der Waals surface area (Å²) in [6.45, 7) is 4.52. The maximum atomic E-state index is 14.3. The SMILES string of the molecule is CC(C)(C)OC(=O)N1CCNCC1[C@]1(OC(=O)c2ccccc2)[C@@H](O)O[C@H](COC(=O)c2ccccc2)[C@@H](OC(=O)c2ccccc2)[C@@H]1OC(=O)c1ccccc1. The minimum absolute atomic E-state index is 0.0110. The van der Waals surface area contributed by atoms with Gasteiger partial charge < -0.3 is 38.8 Å². The molecular formula is C43H44N2O12. The number of aliphatic hydroxyl groups excluding tert-OH is 1. The number of esters is 4. The van der Waals surface area contributed by atoms with E-state index < -0.39 is 78.4 Å². The van der Waals surface area contributed by atoms with Gasteiger partial charge in [0.2, 0.25) is 11.9 Å². The molecule has 0 saturated carbocycles. The lowest BCUT2D eigenvalue weighted by Crippen LogP contribution is -2.79. The third-order valence-electron chi connectivity index (χ3n) is 9.35. The summed E-state index contributed by atoms with van der Waals surface area (Å²) in [5.74, 6) is -3.62. The number of nitrogens with zero attached hydrogens (tertiary/aromatic N) is 1. The zero-order chi connectivity index (χ0) is 40.6. The van der Waals surface area contributed by atoms with E-state index >= 15 is 0 Å². The van der Waals surface area contributed by atoms with Gasteiger partial charge >= 0.3 is 30.0 Å². The number of carbonyl (C=O) groups excluding carboxylic acids is 5. The van der Waals surface area contributed by atoms with Crippen LogP contribution in [0.1, 0.15) is 62.2 Å². The fourth-order valence-electron chi connectivity index (χ4n) is 6.68. The van der Waals surface area contributed by atoms with Gasteiger partial charge in [0.25, 0.3) is 0 Å². The number of rotatable bonds is 10. The number of nitrogens with one attached hydrogen (secondary N) is 1. The van der Waals surface area contributed by atoms with Crippen molar-refractivity contribution < 1.29 is 57.5 Å². The van der Waals surface area contributed by atoms with E-state index in [1.165, 1.54) is 53.4 Å². The molecule has 0 spiro atoms. The minimum Gasteiger partial charge on any atom is -0.459 e. The van der Waals surface area contributed by atoms with Crippen LogP contribution < -0.4 is 5.32 Å². The first-order valence-electron chi connectivity index (χ1n) is 18.4. The Kier molecular flexibility index (Phi) is 12.7. The number of amides is 1. The van der Waals surface area contributed by atoms with Crippen LogP contribution in [0.15, 0.2) is 121 Å². The molecule has 1 amide bonds. The third-order valence-corrected chi connectivity index (χ3v) is 9.35. The maximum absolute atomic E-state index is 14.3. The van der Waals surface area contributed by atoms with E-state index in [1.807, 2.05) is 0 Å². The monoisotopic (exact) mass is 780 g/mol. The molecule has 4 aromatic rings. The molecule has 2 saturated heterocycles. The fraction of sp³-hybridized carbons (Fsp3) is 0.326. The number of hydrogen-bond donors (Lipinski definition) is 2. The van der Waals surface area contributed by atoms with Crippen LogP contribution in [-0.2, 0) is 28.4 Å². The Morgan fingerprint density at radius 3 is 1.70 bits per heavy atom. The van der Waals surface area contributed by atoms with Gasteiger partial charge in [-0.05, 0) is 69.3 Å². The molecule has 2 aliphatic heterocycles. The predicted molar refractivity (Wildman–Crippen MR) is 203 cm³/mol. The van der Waals surface area contributed by atoms with E-state index in [9.17, 15) is 29.1 Å². The quantitative estimate of drug-likeness (QED) is 0.166. The Labute approximate surface area is 329 Å². The van der Waals surface area contributed by atoms with Crippen LogP contribution in [0.3, 0.4) is 0 Å². The lowest BCUT2D eigenvalue weighted by Gasteiger charge is -2.55. The summed E-state index contributed by atoms with van der Waals surface area (Å²) < 4.78 is 36.4. The highest BCUT2D eigenvalue weighted by Gasteiger charge is 2.68. The van der Waals surface area contributed by atoms with E-state index in [1.54, 1.807) is 93.6 Å². The molecule has 6 atom stereocenters. The van der Waals surface area contributed by atoms with Crippen molar-refractivity contribution in [3.8, 4) is 0 Å². The summed E-state index contributed by atoms with van der Waals surface area (Å²) >= 11 is 0. The second-order valence-electron chi connectivity index (χ2n) is 14.4. The third kappa shape index (κ3) is 9.48. The van der Waals surface area contributed by atoms with Crippen molar-refractivity contribution in [2.24, 2.45) is 0 Å². The molecular weight excluding hydrogens is 736 g/mol. The fourth-order valence-corrected chi connectivity index (χ4v) is 6.68. The summed E-state index contributed by atoms with van der Waals surface area (Å²) in [5.41, 5.74) is -3.11. The smallest absolute Gasteiger partial charge is 0.410 e. The number of ether oxygens (including phenoxy) is 6. The molecule has 2 aliphatic rings. The van der Waals surface area contributed by atoms with Gasteiger partial charge in [-0.25, -0.2) is 24.0 Å². The van der Waals surface area contributed by atoms with Gasteiger partial charge in [-0.3, -0.25) is 4.90 Å². The highest BCUT2D eigenvalue weighted by Crippen LogP contribution is 2.42. The summed E-state index contributed by atoms with van der Waals surface area (Å²) in [7, 11) is 0. The molecule has 1 unspecified atom stereocenters.